The second kappa shape index (κ2) is 6.60. The monoisotopic (exact) mass is 251 g/mol. The van der Waals surface area contributed by atoms with Crippen molar-refractivity contribution in [2.24, 2.45) is 0 Å². The van der Waals surface area contributed by atoms with Crippen molar-refractivity contribution in [3.05, 3.63) is 53.8 Å². The molecule has 0 atom stereocenters. The highest BCUT2D eigenvalue weighted by Crippen LogP contribution is 2.23. The molecule has 2 nitrogen and oxygen atoms in total. The minimum absolute atomic E-state index is 0.205. The van der Waals surface area contributed by atoms with Gasteiger partial charge in [0.15, 0.2) is 9.84 Å². The van der Waals surface area contributed by atoms with Crippen LogP contribution in [0.5, 0.6) is 0 Å². The van der Waals surface area contributed by atoms with Gasteiger partial charge in [0, 0.05) is 0 Å². The van der Waals surface area contributed by atoms with Gasteiger partial charge in [0.1, 0.15) is 5.25 Å². The predicted octanol–water partition coefficient (Wildman–Crippen LogP) is 3.36. The van der Waals surface area contributed by atoms with E-state index in [1.54, 1.807) is 12.1 Å². The van der Waals surface area contributed by atoms with Crippen LogP contribution >= 0.6 is 0 Å². The normalized spacial score (nSPS) is 11.6. The Morgan fingerprint density at radius 1 is 1.24 bits per heavy atom. The first-order valence-corrected chi connectivity index (χ1v) is 7.54. The highest BCUT2D eigenvalue weighted by Gasteiger charge is 2.24. The summed E-state index contributed by atoms with van der Waals surface area (Å²) in [7, 11) is -3.20. The molecule has 0 saturated carbocycles. The van der Waals surface area contributed by atoms with E-state index in [9.17, 15) is 8.42 Å². The highest BCUT2D eigenvalue weighted by molar-refractivity contribution is 7.94. The molecular weight excluding hydrogens is 232 g/mol. The minimum atomic E-state index is -3.20. The van der Waals surface area contributed by atoms with E-state index in [0.29, 0.717) is 11.7 Å². The smallest absolute Gasteiger partial charge is 0.165 e. The fourth-order valence-electron chi connectivity index (χ4n) is 1.68. The molecule has 93 valence electrons. The Bertz CT molecular complexity index is 435. The topological polar surface area (TPSA) is 34.1 Å². The van der Waals surface area contributed by atoms with E-state index in [-0.39, 0.29) is 5.75 Å². The molecule has 0 amide bonds. The summed E-state index contributed by atoms with van der Waals surface area (Å²) in [5.74, 6) is 0.205. The Morgan fingerprint density at radius 3 is 2.41 bits per heavy atom. The van der Waals surface area contributed by atoms with Gasteiger partial charge in [-0.05, 0) is 12.0 Å². The molecule has 0 saturated heterocycles. The number of sulfone groups is 1. The van der Waals surface area contributed by atoms with E-state index >= 15 is 0 Å². The van der Waals surface area contributed by atoms with Gasteiger partial charge < -0.3 is 0 Å². The summed E-state index contributed by atoms with van der Waals surface area (Å²) < 4.78 is 24.3. The van der Waals surface area contributed by atoms with Crippen LogP contribution in [0, 0.1) is 5.25 Å². The Labute approximate surface area is 104 Å². The third-order valence-electron chi connectivity index (χ3n) is 2.60. The van der Waals surface area contributed by atoms with Crippen molar-refractivity contribution in [2.45, 2.75) is 26.2 Å². The van der Waals surface area contributed by atoms with Crippen LogP contribution in [0.1, 0.15) is 31.7 Å². The SMILES string of the molecule is C=C[C](c1ccccc1)S(=O)(=O)CCCCC. The van der Waals surface area contributed by atoms with E-state index in [2.05, 4.69) is 13.5 Å². The van der Waals surface area contributed by atoms with Crippen LogP contribution in [-0.4, -0.2) is 14.2 Å². The van der Waals surface area contributed by atoms with Gasteiger partial charge in [0.25, 0.3) is 0 Å². The van der Waals surface area contributed by atoms with Gasteiger partial charge >= 0.3 is 0 Å². The average Bonchev–Trinajstić information content (AvgIpc) is 2.31. The van der Waals surface area contributed by atoms with Gasteiger partial charge in [0.2, 0.25) is 0 Å². The average molecular weight is 251 g/mol. The van der Waals surface area contributed by atoms with Gasteiger partial charge in [0.05, 0.1) is 5.75 Å². The number of hydrogen-bond donors (Lipinski definition) is 0. The molecule has 0 N–H and O–H groups in total. The van der Waals surface area contributed by atoms with Crippen LogP contribution in [0.2, 0.25) is 0 Å². The van der Waals surface area contributed by atoms with Gasteiger partial charge in [-0.2, -0.15) is 0 Å². The molecule has 1 rings (SSSR count). The van der Waals surface area contributed by atoms with Crippen molar-refractivity contribution in [1.82, 2.24) is 0 Å². The van der Waals surface area contributed by atoms with Crippen molar-refractivity contribution >= 4 is 9.84 Å². The maximum atomic E-state index is 12.1. The summed E-state index contributed by atoms with van der Waals surface area (Å²) in [6.07, 6.45) is 4.11. The van der Waals surface area contributed by atoms with E-state index in [1.807, 2.05) is 18.2 Å². The molecule has 0 spiro atoms. The van der Waals surface area contributed by atoms with E-state index in [1.165, 1.54) is 6.08 Å². The van der Waals surface area contributed by atoms with Crippen LogP contribution in [0.15, 0.2) is 43.0 Å². The molecule has 0 fully saturated rings. The lowest BCUT2D eigenvalue weighted by molar-refractivity contribution is 0.594. The molecule has 1 radical (unpaired) electrons. The fraction of sp³-hybridized carbons (Fsp3) is 0.357. The summed E-state index contributed by atoms with van der Waals surface area (Å²) in [5.41, 5.74) is 0.721. The van der Waals surface area contributed by atoms with Crippen molar-refractivity contribution in [3.8, 4) is 0 Å². The van der Waals surface area contributed by atoms with Crippen LogP contribution in [0.25, 0.3) is 0 Å². The zero-order valence-electron chi connectivity index (χ0n) is 10.2. The molecule has 0 heterocycles. The maximum Gasteiger partial charge on any atom is 0.165 e. The fourth-order valence-corrected chi connectivity index (χ4v) is 3.23. The molecule has 0 aliphatic heterocycles. The molecule has 1 aromatic carbocycles. The molecule has 3 heteroatoms. The number of hydrogen-bond acceptors (Lipinski definition) is 2. The molecule has 0 aromatic heterocycles. The Balaban J connectivity index is 2.84. The van der Waals surface area contributed by atoms with Crippen molar-refractivity contribution in [1.29, 1.82) is 0 Å². The van der Waals surface area contributed by atoms with Crippen molar-refractivity contribution < 1.29 is 8.42 Å². The molecule has 1 aromatic rings. The van der Waals surface area contributed by atoms with Crippen LogP contribution in [0.3, 0.4) is 0 Å². The molecular formula is C14H19O2S. The standard InChI is InChI=1S/C14H19O2S/c1-3-5-9-12-17(15,16)14(4-2)13-10-7-6-8-11-13/h4,6-8,10-11H,2-3,5,9,12H2,1H3. The first kappa shape index (κ1) is 14.0. The first-order valence-electron chi connectivity index (χ1n) is 5.89. The molecule has 0 aliphatic carbocycles. The Morgan fingerprint density at radius 2 is 1.88 bits per heavy atom. The van der Waals surface area contributed by atoms with Gasteiger partial charge in [-0.3, -0.25) is 0 Å². The number of benzene rings is 1. The van der Waals surface area contributed by atoms with Crippen LogP contribution in [0.4, 0.5) is 0 Å². The lowest BCUT2D eigenvalue weighted by Crippen LogP contribution is -2.16. The Kier molecular flexibility index (Phi) is 5.42. The van der Waals surface area contributed by atoms with E-state index < -0.39 is 9.84 Å². The van der Waals surface area contributed by atoms with Crippen LogP contribution in [-0.2, 0) is 9.84 Å². The molecule has 0 bridgehead atoms. The quantitative estimate of drug-likeness (QED) is 0.696. The highest BCUT2D eigenvalue weighted by atomic mass is 32.2. The second-order valence-electron chi connectivity index (χ2n) is 3.96. The molecule has 17 heavy (non-hydrogen) atoms. The number of rotatable bonds is 7. The summed E-state index contributed by atoms with van der Waals surface area (Å²) in [6, 6.07) is 9.14. The third-order valence-corrected chi connectivity index (χ3v) is 4.49. The maximum absolute atomic E-state index is 12.1. The summed E-state index contributed by atoms with van der Waals surface area (Å²) in [5, 5.41) is 0.342. The van der Waals surface area contributed by atoms with Crippen LogP contribution < -0.4 is 0 Å². The van der Waals surface area contributed by atoms with Crippen molar-refractivity contribution in [3.63, 3.8) is 0 Å². The zero-order chi connectivity index (χ0) is 12.7. The van der Waals surface area contributed by atoms with Gasteiger partial charge in [-0.1, -0.05) is 56.2 Å². The van der Waals surface area contributed by atoms with E-state index in [0.717, 1.165) is 18.4 Å². The van der Waals surface area contributed by atoms with Gasteiger partial charge in [-0.15, -0.1) is 6.58 Å². The predicted molar refractivity (Wildman–Crippen MR) is 72.3 cm³/mol. The first-order chi connectivity index (χ1) is 8.11. The lowest BCUT2D eigenvalue weighted by Gasteiger charge is -2.12. The minimum Gasteiger partial charge on any atom is -0.227 e. The van der Waals surface area contributed by atoms with E-state index in [4.69, 9.17) is 0 Å². The third kappa shape index (κ3) is 4.00. The summed E-state index contributed by atoms with van der Waals surface area (Å²) in [4.78, 5) is 0. The zero-order valence-corrected chi connectivity index (χ0v) is 11.0. The summed E-state index contributed by atoms with van der Waals surface area (Å²) >= 11 is 0. The van der Waals surface area contributed by atoms with Gasteiger partial charge in [-0.25, -0.2) is 8.42 Å². The largest absolute Gasteiger partial charge is 0.227 e. The number of unbranched alkanes of at least 4 members (excludes halogenated alkanes) is 2. The van der Waals surface area contributed by atoms with Crippen molar-refractivity contribution in [2.75, 3.05) is 5.75 Å². The molecule has 0 aliphatic rings. The lowest BCUT2D eigenvalue weighted by atomic mass is 10.1. The Hall–Kier alpha value is -1.09. The summed E-state index contributed by atoms with van der Waals surface area (Å²) in [6.45, 7) is 5.67. The molecule has 0 unspecified atom stereocenters. The second-order valence-corrected chi connectivity index (χ2v) is 6.04.